The monoisotopic (exact) mass is 224 g/mol. The van der Waals surface area contributed by atoms with Crippen LogP contribution in [-0.4, -0.2) is 59.8 Å². The average molecular weight is 224 g/mol. The van der Waals surface area contributed by atoms with E-state index in [9.17, 15) is 5.11 Å². The molecule has 3 aliphatic rings. The zero-order valence-electron chi connectivity index (χ0n) is 10.1. The lowest BCUT2D eigenvalue weighted by atomic mass is 9.98. The number of hydrogen-bond acceptors (Lipinski definition) is 3. The largest absolute Gasteiger partial charge is 0.396 e. The Hall–Kier alpha value is -0.120. The van der Waals surface area contributed by atoms with Gasteiger partial charge in [-0.25, -0.2) is 0 Å². The fourth-order valence-corrected chi connectivity index (χ4v) is 3.96. The molecule has 3 atom stereocenters. The van der Waals surface area contributed by atoms with Crippen LogP contribution in [0, 0.1) is 5.92 Å². The van der Waals surface area contributed by atoms with Gasteiger partial charge < -0.3 is 5.11 Å². The summed E-state index contributed by atoms with van der Waals surface area (Å²) in [7, 11) is 0. The normalized spacial score (nSPS) is 41.4. The van der Waals surface area contributed by atoms with Gasteiger partial charge in [0.15, 0.2) is 0 Å². The molecule has 0 spiro atoms. The van der Waals surface area contributed by atoms with Crippen molar-refractivity contribution < 1.29 is 5.11 Å². The first-order chi connectivity index (χ1) is 7.88. The van der Waals surface area contributed by atoms with Crippen molar-refractivity contribution in [1.29, 1.82) is 0 Å². The Bertz CT molecular complexity index is 246. The molecule has 3 saturated heterocycles. The summed E-state index contributed by atoms with van der Waals surface area (Å²) < 4.78 is 0. The van der Waals surface area contributed by atoms with Gasteiger partial charge in [-0.3, -0.25) is 9.80 Å². The molecule has 3 heteroatoms. The highest BCUT2D eigenvalue weighted by molar-refractivity contribution is 4.97. The average Bonchev–Trinajstić information content (AvgIpc) is 2.94. The summed E-state index contributed by atoms with van der Waals surface area (Å²) in [6.45, 7) is 5.40. The molecule has 3 aliphatic heterocycles. The Morgan fingerprint density at radius 1 is 0.875 bits per heavy atom. The number of aliphatic hydroxyl groups excluding tert-OH is 1. The first-order valence-corrected chi connectivity index (χ1v) is 6.97. The van der Waals surface area contributed by atoms with E-state index in [0.29, 0.717) is 12.5 Å². The van der Waals surface area contributed by atoms with Crippen molar-refractivity contribution in [3.05, 3.63) is 0 Å². The van der Waals surface area contributed by atoms with Gasteiger partial charge >= 0.3 is 0 Å². The lowest BCUT2D eigenvalue weighted by molar-refractivity contribution is 0.124. The summed E-state index contributed by atoms with van der Waals surface area (Å²) in [6, 6.07) is 1.64. The predicted octanol–water partition coefficient (Wildman–Crippen LogP) is 0.927. The molecule has 1 N–H and O–H groups in total. The molecule has 92 valence electrons. The molecule has 0 amide bonds. The predicted molar refractivity (Wildman–Crippen MR) is 64.4 cm³/mol. The second kappa shape index (κ2) is 4.63. The molecule has 3 nitrogen and oxygen atoms in total. The quantitative estimate of drug-likeness (QED) is 0.756. The van der Waals surface area contributed by atoms with Gasteiger partial charge in [0.05, 0.1) is 0 Å². The van der Waals surface area contributed by atoms with Gasteiger partial charge in [0, 0.05) is 31.8 Å². The fourth-order valence-electron chi connectivity index (χ4n) is 3.96. The number of likely N-dealkylation sites (tertiary alicyclic amines) is 1. The summed E-state index contributed by atoms with van der Waals surface area (Å²) in [5, 5.41) is 9.22. The smallest absolute Gasteiger partial charge is 0.0471 e. The van der Waals surface area contributed by atoms with Crippen molar-refractivity contribution in [1.82, 2.24) is 9.80 Å². The van der Waals surface area contributed by atoms with Crippen molar-refractivity contribution in [2.75, 3.05) is 32.8 Å². The number of fused-ring (bicyclic) bond motifs is 1. The zero-order valence-corrected chi connectivity index (χ0v) is 10.1. The van der Waals surface area contributed by atoms with Crippen LogP contribution in [0.15, 0.2) is 0 Å². The number of nitrogens with zero attached hydrogens (tertiary/aromatic N) is 2. The van der Waals surface area contributed by atoms with Crippen molar-refractivity contribution in [3.63, 3.8) is 0 Å². The topological polar surface area (TPSA) is 26.7 Å². The van der Waals surface area contributed by atoms with E-state index in [1.54, 1.807) is 0 Å². The molecular weight excluding hydrogens is 200 g/mol. The van der Waals surface area contributed by atoms with Crippen LogP contribution in [0.5, 0.6) is 0 Å². The molecule has 0 aromatic heterocycles. The molecule has 0 radical (unpaired) electrons. The van der Waals surface area contributed by atoms with Crippen LogP contribution in [0.4, 0.5) is 0 Å². The molecule has 3 unspecified atom stereocenters. The third-order valence-electron chi connectivity index (χ3n) is 4.86. The van der Waals surface area contributed by atoms with Crippen LogP contribution >= 0.6 is 0 Å². The lowest BCUT2D eigenvalue weighted by Crippen LogP contribution is -2.46. The number of rotatable bonds is 2. The molecule has 3 heterocycles. The van der Waals surface area contributed by atoms with Gasteiger partial charge in [-0.1, -0.05) is 6.42 Å². The molecule has 0 bridgehead atoms. The van der Waals surface area contributed by atoms with Gasteiger partial charge in [0.1, 0.15) is 0 Å². The molecule has 16 heavy (non-hydrogen) atoms. The highest BCUT2D eigenvalue weighted by Gasteiger charge is 2.40. The van der Waals surface area contributed by atoms with E-state index < -0.39 is 0 Å². The molecule has 0 saturated carbocycles. The third kappa shape index (κ3) is 1.89. The Morgan fingerprint density at radius 3 is 2.50 bits per heavy atom. The van der Waals surface area contributed by atoms with Crippen LogP contribution in [-0.2, 0) is 0 Å². The van der Waals surface area contributed by atoms with Crippen molar-refractivity contribution >= 4 is 0 Å². The third-order valence-corrected chi connectivity index (χ3v) is 4.86. The van der Waals surface area contributed by atoms with Gasteiger partial charge in [-0.2, -0.15) is 0 Å². The highest BCUT2D eigenvalue weighted by atomic mass is 16.3. The van der Waals surface area contributed by atoms with Crippen LogP contribution in [0.3, 0.4) is 0 Å². The first-order valence-electron chi connectivity index (χ1n) is 6.97. The molecule has 0 aromatic rings. The van der Waals surface area contributed by atoms with Crippen molar-refractivity contribution in [2.24, 2.45) is 5.92 Å². The van der Waals surface area contributed by atoms with Crippen molar-refractivity contribution in [2.45, 2.75) is 44.2 Å². The Morgan fingerprint density at radius 2 is 1.69 bits per heavy atom. The highest BCUT2D eigenvalue weighted by Crippen LogP contribution is 2.32. The van der Waals surface area contributed by atoms with Gasteiger partial charge in [0.2, 0.25) is 0 Å². The van der Waals surface area contributed by atoms with Crippen LogP contribution in [0.2, 0.25) is 0 Å². The van der Waals surface area contributed by atoms with E-state index in [4.69, 9.17) is 0 Å². The van der Waals surface area contributed by atoms with E-state index in [2.05, 4.69) is 9.80 Å². The van der Waals surface area contributed by atoms with Crippen LogP contribution in [0.25, 0.3) is 0 Å². The zero-order chi connectivity index (χ0) is 11.0. The summed E-state index contributed by atoms with van der Waals surface area (Å²) in [6.07, 6.45) is 6.81. The number of aliphatic hydroxyl groups is 1. The molecule has 3 rings (SSSR count). The van der Waals surface area contributed by atoms with Gasteiger partial charge in [0.25, 0.3) is 0 Å². The Balaban J connectivity index is 1.62. The summed E-state index contributed by atoms with van der Waals surface area (Å²) in [4.78, 5) is 5.37. The number of hydrogen-bond donors (Lipinski definition) is 1. The van der Waals surface area contributed by atoms with E-state index in [1.165, 1.54) is 51.7 Å². The second-order valence-corrected chi connectivity index (χ2v) is 5.79. The van der Waals surface area contributed by atoms with Gasteiger partial charge in [-0.05, 0) is 44.7 Å². The number of piperidine rings is 1. The second-order valence-electron chi connectivity index (χ2n) is 5.79. The summed E-state index contributed by atoms with van der Waals surface area (Å²) in [5.74, 6) is 0.553. The minimum absolute atomic E-state index is 0.387. The van der Waals surface area contributed by atoms with Crippen LogP contribution < -0.4 is 0 Å². The Kier molecular flexibility index (Phi) is 3.18. The maximum absolute atomic E-state index is 9.22. The maximum Gasteiger partial charge on any atom is 0.0471 e. The van der Waals surface area contributed by atoms with E-state index in [-0.39, 0.29) is 0 Å². The molecular formula is C13H24N2O. The molecule has 3 fully saturated rings. The van der Waals surface area contributed by atoms with E-state index >= 15 is 0 Å². The Labute approximate surface area is 98.4 Å². The molecule has 0 aromatic carbocycles. The SMILES string of the molecule is OCC1CCN(C2CCN3CCCCC23)C1. The lowest BCUT2D eigenvalue weighted by Gasteiger charge is -2.36. The van der Waals surface area contributed by atoms with E-state index in [0.717, 1.165) is 18.6 Å². The fraction of sp³-hybridized carbons (Fsp3) is 1.00. The minimum atomic E-state index is 0.387. The molecule has 0 aliphatic carbocycles. The summed E-state index contributed by atoms with van der Waals surface area (Å²) in [5.41, 5.74) is 0. The van der Waals surface area contributed by atoms with Crippen LogP contribution in [0.1, 0.15) is 32.1 Å². The first kappa shape index (κ1) is 11.0. The minimum Gasteiger partial charge on any atom is -0.396 e. The summed E-state index contributed by atoms with van der Waals surface area (Å²) >= 11 is 0. The standard InChI is InChI=1S/C13H24N2O/c16-10-11-4-7-15(9-11)13-5-8-14-6-2-1-3-12(13)14/h11-13,16H,1-10H2. The van der Waals surface area contributed by atoms with E-state index in [1.807, 2.05) is 0 Å². The maximum atomic E-state index is 9.22. The van der Waals surface area contributed by atoms with Gasteiger partial charge in [-0.15, -0.1) is 0 Å². The van der Waals surface area contributed by atoms with Crippen molar-refractivity contribution in [3.8, 4) is 0 Å².